The van der Waals surface area contributed by atoms with Crippen LogP contribution < -0.4 is 10.6 Å². The topological polar surface area (TPSA) is 80.3 Å². The Balaban J connectivity index is 1.47. The number of nitrogens with zero attached hydrogens (tertiary/aromatic N) is 4. The normalized spacial score (nSPS) is 17.2. The van der Waals surface area contributed by atoms with E-state index in [4.69, 9.17) is 4.42 Å². The molecule has 0 saturated carbocycles. The van der Waals surface area contributed by atoms with E-state index in [1.165, 1.54) is 12.1 Å². The highest BCUT2D eigenvalue weighted by Crippen LogP contribution is 2.26. The SMILES string of the molecule is CN=C(NCc1oc2ccc(F)cc2c1C)NC1CCCn2nc(C)nc21. The number of benzene rings is 1. The Morgan fingerprint density at radius 1 is 1.41 bits per heavy atom. The molecule has 0 aliphatic carbocycles. The molecule has 27 heavy (non-hydrogen) atoms. The standard InChI is InChI=1S/C19H23FN6O/c1-11-14-9-13(20)6-7-16(14)27-17(11)10-22-19(21-3)24-15-5-4-8-26-18(15)23-12(2)25-26/h6-7,9,15H,4-5,8,10H2,1-3H3,(H2,21,22,24). The molecule has 0 saturated heterocycles. The first-order valence-electron chi connectivity index (χ1n) is 9.11. The summed E-state index contributed by atoms with van der Waals surface area (Å²) in [7, 11) is 1.73. The molecule has 4 rings (SSSR count). The van der Waals surface area contributed by atoms with Gasteiger partial charge in [0, 0.05) is 24.5 Å². The van der Waals surface area contributed by atoms with Crippen LogP contribution >= 0.6 is 0 Å². The molecular formula is C19H23FN6O. The summed E-state index contributed by atoms with van der Waals surface area (Å²) in [4.78, 5) is 8.85. The first-order chi connectivity index (χ1) is 13.0. The number of hydrogen-bond donors (Lipinski definition) is 2. The van der Waals surface area contributed by atoms with Crippen molar-refractivity contribution in [3.63, 3.8) is 0 Å². The highest BCUT2D eigenvalue weighted by Gasteiger charge is 2.24. The molecule has 142 valence electrons. The average molecular weight is 370 g/mol. The van der Waals surface area contributed by atoms with Crippen molar-refractivity contribution < 1.29 is 8.81 Å². The molecule has 3 aromatic rings. The smallest absolute Gasteiger partial charge is 0.191 e. The molecule has 2 aromatic heterocycles. The van der Waals surface area contributed by atoms with E-state index in [1.54, 1.807) is 13.1 Å². The van der Waals surface area contributed by atoms with Crippen molar-refractivity contribution in [1.82, 2.24) is 25.4 Å². The number of hydrogen-bond acceptors (Lipinski definition) is 4. The summed E-state index contributed by atoms with van der Waals surface area (Å²) >= 11 is 0. The highest BCUT2D eigenvalue weighted by molar-refractivity contribution is 5.83. The number of aliphatic imine (C=N–C) groups is 1. The van der Waals surface area contributed by atoms with Crippen LogP contribution in [0.15, 0.2) is 27.6 Å². The zero-order chi connectivity index (χ0) is 19.0. The van der Waals surface area contributed by atoms with Gasteiger partial charge in [-0.25, -0.2) is 14.1 Å². The Morgan fingerprint density at radius 2 is 2.26 bits per heavy atom. The van der Waals surface area contributed by atoms with E-state index in [-0.39, 0.29) is 11.9 Å². The predicted octanol–water partition coefficient (Wildman–Crippen LogP) is 2.98. The molecule has 8 heteroatoms. The minimum absolute atomic E-state index is 0.0667. The Hall–Kier alpha value is -2.90. The fourth-order valence-corrected chi connectivity index (χ4v) is 3.54. The maximum absolute atomic E-state index is 13.5. The van der Waals surface area contributed by atoms with E-state index >= 15 is 0 Å². The lowest BCUT2D eigenvalue weighted by molar-refractivity contribution is 0.397. The Kier molecular flexibility index (Phi) is 4.55. The minimum atomic E-state index is -0.264. The molecule has 2 N–H and O–H groups in total. The fraction of sp³-hybridized carbons (Fsp3) is 0.421. The second kappa shape index (κ2) is 7.02. The molecule has 0 radical (unpaired) electrons. The van der Waals surface area contributed by atoms with Crippen molar-refractivity contribution in [2.24, 2.45) is 4.99 Å². The summed E-state index contributed by atoms with van der Waals surface area (Å²) in [5.41, 5.74) is 1.62. The summed E-state index contributed by atoms with van der Waals surface area (Å²) in [6.07, 6.45) is 2.01. The minimum Gasteiger partial charge on any atom is -0.459 e. The fourth-order valence-electron chi connectivity index (χ4n) is 3.54. The largest absolute Gasteiger partial charge is 0.459 e. The molecule has 0 amide bonds. The summed E-state index contributed by atoms with van der Waals surface area (Å²) < 4.78 is 21.3. The Morgan fingerprint density at radius 3 is 3.07 bits per heavy atom. The van der Waals surface area contributed by atoms with E-state index in [0.717, 1.165) is 47.7 Å². The molecule has 1 aliphatic heterocycles. The van der Waals surface area contributed by atoms with Crippen molar-refractivity contribution in [2.45, 2.75) is 45.8 Å². The van der Waals surface area contributed by atoms with E-state index < -0.39 is 0 Å². The van der Waals surface area contributed by atoms with Crippen LogP contribution in [-0.2, 0) is 13.1 Å². The summed E-state index contributed by atoms with van der Waals surface area (Å²) in [5, 5.41) is 11.9. The molecule has 0 bridgehead atoms. The van der Waals surface area contributed by atoms with E-state index in [1.807, 2.05) is 18.5 Å². The van der Waals surface area contributed by atoms with Crippen molar-refractivity contribution in [2.75, 3.05) is 7.05 Å². The first kappa shape index (κ1) is 17.5. The molecular weight excluding hydrogens is 347 g/mol. The van der Waals surface area contributed by atoms with Gasteiger partial charge in [0.25, 0.3) is 0 Å². The van der Waals surface area contributed by atoms with Gasteiger partial charge in [-0.1, -0.05) is 0 Å². The molecule has 1 unspecified atom stereocenters. The molecule has 0 spiro atoms. The van der Waals surface area contributed by atoms with Crippen LogP contribution in [0.25, 0.3) is 11.0 Å². The molecule has 7 nitrogen and oxygen atoms in total. The third kappa shape index (κ3) is 3.39. The third-order valence-corrected chi connectivity index (χ3v) is 4.93. The zero-order valence-electron chi connectivity index (χ0n) is 15.7. The van der Waals surface area contributed by atoms with Gasteiger partial charge in [-0.15, -0.1) is 0 Å². The van der Waals surface area contributed by atoms with Crippen LogP contribution in [0.1, 0.15) is 41.9 Å². The molecule has 0 fully saturated rings. The average Bonchev–Trinajstić information content (AvgIpc) is 3.18. The Labute approximate surface area is 156 Å². The van der Waals surface area contributed by atoms with Crippen molar-refractivity contribution in [3.05, 3.63) is 47.0 Å². The molecule has 1 aliphatic rings. The molecule has 1 aromatic carbocycles. The number of guanidine groups is 1. The molecule has 1 atom stereocenters. The number of aromatic nitrogens is 3. The van der Waals surface area contributed by atoms with Crippen molar-refractivity contribution in [1.29, 1.82) is 0 Å². The quantitative estimate of drug-likeness (QED) is 0.547. The second-order valence-electron chi connectivity index (χ2n) is 6.80. The third-order valence-electron chi connectivity index (χ3n) is 4.93. The van der Waals surface area contributed by atoms with Crippen LogP contribution in [0.2, 0.25) is 0 Å². The number of aryl methyl sites for hydroxylation is 3. The summed E-state index contributed by atoms with van der Waals surface area (Å²) in [6, 6.07) is 4.63. The van der Waals surface area contributed by atoms with Gasteiger partial charge in [-0.05, 0) is 44.9 Å². The maximum atomic E-state index is 13.5. The lowest BCUT2D eigenvalue weighted by Gasteiger charge is -2.24. The lowest BCUT2D eigenvalue weighted by Crippen LogP contribution is -2.41. The van der Waals surface area contributed by atoms with Gasteiger partial charge in [0.05, 0.1) is 12.6 Å². The van der Waals surface area contributed by atoms with Gasteiger partial charge in [0.1, 0.15) is 28.8 Å². The second-order valence-corrected chi connectivity index (χ2v) is 6.80. The van der Waals surface area contributed by atoms with Crippen molar-refractivity contribution >= 4 is 16.9 Å². The van der Waals surface area contributed by atoms with E-state index in [0.29, 0.717) is 18.1 Å². The maximum Gasteiger partial charge on any atom is 0.191 e. The number of halogens is 1. The number of nitrogens with one attached hydrogen (secondary N) is 2. The van der Waals surface area contributed by atoms with Crippen LogP contribution in [0.4, 0.5) is 4.39 Å². The van der Waals surface area contributed by atoms with Gasteiger partial charge in [-0.2, -0.15) is 5.10 Å². The highest BCUT2D eigenvalue weighted by atomic mass is 19.1. The van der Waals surface area contributed by atoms with Crippen molar-refractivity contribution in [3.8, 4) is 0 Å². The number of rotatable bonds is 3. The molecule has 3 heterocycles. The van der Waals surface area contributed by atoms with Gasteiger partial charge in [-0.3, -0.25) is 4.99 Å². The Bertz CT molecular complexity index is 1010. The van der Waals surface area contributed by atoms with Crippen LogP contribution in [0, 0.1) is 19.7 Å². The first-order valence-corrected chi connectivity index (χ1v) is 9.11. The van der Waals surface area contributed by atoms with Crippen LogP contribution in [0.3, 0.4) is 0 Å². The van der Waals surface area contributed by atoms with E-state index in [9.17, 15) is 4.39 Å². The lowest BCUT2D eigenvalue weighted by atomic mass is 10.1. The number of fused-ring (bicyclic) bond motifs is 2. The van der Waals surface area contributed by atoms with Gasteiger partial charge >= 0.3 is 0 Å². The van der Waals surface area contributed by atoms with E-state index in [2.05, 4.69) is 25.7 Å². The predicted molar refractivity (Wildman–Crippen MR) is 101 cm³/mol. The number of furan rings is 1. The van der Waals surface area contributed by atoms with Gasteiger partial charge in [0.15, 0.2) is 5.96 Å². The van der Waals surface area contributed by atoms with Crippen LogP contribution in [0.5, 0.6) is 0 Å². The summed E-state index contributed by atoms with van der Waals surface area (Å²) in [6.45, 7) is 5.20. The van der Waals surface area contributed by atoms with Gasteiger partial charge in [0.2, 0.25) is 0 Å². The monoisotopic (exact) mass is 370 g/mol. The van der Waals surface area contributed by atoms with Crippen LogP contribution in [-0.4, -0.2) is 27.8 Å². The summed E-state index contributed by atoms with van der Waals surface area (Å²) in [5.74, 6) is 2.89. The van der Waals surface area contributed by atoms with Gasteiger partial charge < -0.3 is 15.1 Å². The zero-order valence-corrected chi connectivity index (χ0v) is 15.7.